The molecule has 3 rings (SSSR count). The van der Waals surface area contributed by atoms with Gasteiger partial charge < -0.3 is 10.4 Å². The number of halogens is 5. The Hall–Kier alpha value is -2.85. The Labute approximate surface area is 174 Å². The van der Waals surface area contributed by atoms with E-state index in [9.17, 15) is 27.9 Å². The minimum absolute atomic E-state index is 0.214. The fourth-order valence-electron chi connectivity index (χ4n) is 2.39. The largest absolute Gasteiger partial charge is 0.505 e. The summed E-state index contributed by atoms with van der Waals surface area (Å²) < 4.78 is 40.6. The van der Waals surface area contributed by atoms with Crippen LogP contribution in [0.5, 0.6) is 5.75 Å². The number of benzene rings is 2. The number of hydrogen-bond donors (Lipinski definition) is 2. The molecule has 1 amide bonds. The van der Waals surface area contributed by atoms with E-state index in [-0.39, 0.29) is 5.69 Å². The minimum atomic E-state index is -4.72. The molecule has 0 aliphatic rings. The number of rotatable bonds is 3. The molecule has 29 heavy (non-hydrogen) atoms. The smallest absolute Gasteiger partial charge is 0.417 e. The van der Waals surface area contributed by atoms with Crippen LogP contribution in [0.25, 0.3) is 5.69 Å². The Morgan fingerprint density at radius 1 is 1.14 bits per heavy atom. The Kier molecular flexibility index (Phi) is 5.67. The van der Waals surface area contributed by atoms with E-state index >= 15 is 0 Å². The van der Waals surface area contributed by atoms with Crippen LogP contribution in [0.1, 0.15) is 16.1 Å². The Morgan fingerprint density at radius 2 is 1.79 bits per heavy atom. The van der Waals surface area contributed by atoms with Gasteiger partial charge in [0.1, 0.15) is 0 Å². The van der Waals surface area contributed by atoms with Gasteiger partial charge in [-0.3, -0.25) is 9.59 Å². The van der Waals surface area contributed by atoms with E-state index in [1.807, 2.05) is 0 Å². The van der Waals surface area contributed by atoms with Crippen molar-refractivity contribution in [3.63, 3.8) is 0 Å². The van der Waals surface area contributed by atoms with E-state index in [4.69, 9.17) is 11.6 Å². The van der Waals surface area contributed by atoms with Crippen molar-refractivity contribution in [3.8, 4) is 11.4 Å². The van der Waals surface area contributed by atoms with Crippen molar-refractivity contribution in [1.82, 2.24) is 9.78 Å². The zero-order valence-electron chi connectivity index (χ0n) is 14.2. The topological polar surface area (TPSA) is 84.2 Å². The maximum atomic E-state index is 13.0. The third kappa shape index (κ3) is 4.60. The van der Waals surface area contributed by atoms with Gasteiger partial charge in [0.25, 0.3) is 11.5 Å². The fraction of sp³-hybridized carbons (Fsp3) is 0.0556. The molecule has 0 atom stereocenters. The zero-order chi connectivity index (χ0) is 21.3. The molecule has 1 heterocycles. The van der Waals surface area contributed by atoms with Crippen LogP contribution in [0.2, 0.25) is 5.02 Å². The molecule has 0 saturated carbocycles. The average Bonchev–Trinajstić information content (AvgIpc) is 2.63. The molecule has 2 aromatic carbocycles. The van der Waals surface area contributed by atoms with Gasteiger partial charge in [0.05, 0.1) is 16.3 Å². The lowest BCUT2D eigenvalue weighted by Gasteiger charge is -2.12. The number of anilines is 1. The highest BCUT2D eigenvalue weighted by molar-refractivity contribution is 9.10. The third-order valence-corrected chi connectivity index (χ3v) is 4.59. The van der Waals surface area contributed by atoms with Crippen LogP contribution in [-0.4, -0.2) is 20.8 Å². The maximum absolute atomic E-state index is 13.0. The summed E-state index contributed by atoms with van der Waals surface area (Å²) in [6, 6.07) is 9.96. The first-order valence-electron chi connectivity index (χ1n) is 7.83. The van der Waals surface area contributed by atoms with Crippen molar-refractivity contribution in [2.45, 2.75) is 6.18 Å². The van der Waals surface area contributed by atoms with Crippen LogP contribution in [0.3, 0.4) is 0 Å². The molecule has 1 aromatic heterocycles. The second kappa shape index (κ2) is 7.88. The normalized spacial score (nSPS) is 11.3. The lowest BCUT2D eigenvalue weighted by atomic mass is 10.2. The SMILES string of the molecule is O=C(Nc1ccc(Cl)c(C(F)(F)F)c1)c1nn(-c2ccc(Br)cc2)c(=O)cc1O. The number of aromatic nitrogens is 2. The highest BCUT2D eigenvalue weighted by Crippen LogP contribution is 2.36. The molecule has 0 radical (unpaired) electrons. The number of hydrogen-bond acceptors (Lipinski definition) is 4. The van der Waals surface area contributed by atoms with Crippen LogP contribution in [0.4, 0.5) is 18.9 Å². The molecule has 0 saturated heterocycles. The molecule has 11 heteroatoms. The molecule has 0 aliphatic heterocycles. The van der Waals surface area contributed by atoms with Crippen LogP contribution in [-0.2, 0) is 6.18 Å². The predicted molar refractivity (Wildman–Crippen MR) is 104 cm³/mol. The van der Waals surface area contributed by atoms with Crippen molar-refractivity contribution in [2.75, 3.05) is 5.32 Å². The van der Waals surface area contributed by atoms with Crippen molar-refractivity contribution < 1.29 is 23.1 Å². The van der Waals surface area contributed by atoms with Gasteiger partial charge in [0.15, 0.2) is 11.4 Å². The molecule has 0 unspecified atom stereocenters. The number of nitrogens with one attached hydrogen (secondary N) is 1. The standard InChI is InChI=1S/C18H10BrClF3N3O3/c19-9-1-4-11(5-2-9)26-15(28)8-14(27)16(25-26)17(29)24-10-3-6-13(20)12(7-10)18(21,22)23/h1-8,27H,(H,24,29). The molecule has 2 N–H and O–H groups in total. The van der Waals surface area contributed by atoms with Gasteiger partial charge >= 0.3 is 6.18 Å². The summed E-state index contributed by atoms with van der Waals surface area (Å²) in [5.41, 5.74) is -2.27. The van der Waals surface area contributed by atoms with Crippen LogP contribution in [0.15, 0.2) is 57.8 Å². The van der Waals surface area contributed by atoms with Crippen molar-refractivity contribution >= 4 is 39.1 Å². The summed E-state index contributed by atoms with van der Waals surface area (Å²) in [5, 5.41) is 15.4. The maximum Gasteiger partial charge on any atom is 0.417 e. The summed E-state index contributed by atoms with van der Waals surface area (Å²) in [7, 11) is 0. The van der Waals surface area contributed by atoms with E-state index in [2.05, 4.69) is 26.3 Å². The molecule has 0 bridgehead atoms. The van der Waals surface area contributed by atoms with E-state index in [0.717, 1.165) is 27.4 Å². The van der Waals surface area contributed by atoms with Gasteiger partial charge in [-0.2, -0.15) is 23.0 Å². The Morgan fingerprint density at radius 3 is 2.41 bits per heavy atom. The van der Waals surface area contributed by atoms with Gasteiger partial charge in [-0.1, -0.05) is 27.5 Å². The number of carbonyl (C=O) groups excluding carboxylic acids is 1. The van der Waals surface area contributed by atoms with Gasteiger partial charge in [-0.25, -0.2) is 0 Å². The van der Waals surface area contributed by atoms with E-state index < -0.39 is 39.7 Å². The highest BCUT2D eigenvalue weighted by atomic mass is 79.9. The number of nitrogens with zero attached hydrogens (tertiary/aromatic N) is 2. The zero-order valence-corrected chi connectivity index (χ0v) is 16.5. The monoisotopic (exact) mass is 487 g/mol. The second-order valence-electron chi connectivity index (χ2n) is 5.75. The van der Waals surface area contributed by atoms with Crippen LogP contribution < -0.4 is 10.9 Å². The van der Waals surface area contributed by atoms with Gasteiger partial charge in [0, 0.05) is 16.2 Å². The van der Waals surface area contributed by atoms with E-state index in [1.54, 1.807) is 24.3 Å². The molecule has 6 nitrogen and oxygen atoms in total. The first-order valence-corrected chi connectivity index (χ1v) is 9.01. The fourth-order valence-corrected chi connectivity index (χ4v) is 2.88. The van der Waals surface area contributed by atoms with Gasteiger partial charge in [-0.15, -0.1) is 0 Å². The highest BCUT2D eigenvalue weighted by Gasteiger charge is 2.33. The molecule has 150 valence electrons. The minimum Gasteiger partial charge on any atom is -0.505 e. The van der Waals surface area contributed by atoms with E-state index in [1.165, 1.54) is 0 Å². The van der Waals surface area contributed by atoms with Crippen LogP contribution in [0, 0.1) is 0 Å². The molecule has 3 aromatic rings. The summed E-state index contributed by atoms with van der Waals surface area (Å²) in [4.78, 5) is 24.6. The first kappa shape index (κ1) is 20.9. The quantitative estimate of drug-likeness (QED) is 0.563. The first-order chi connectivity index (χ1) is 13.6. The van der Waals surface area contributed by atoms with Crippen molar-refractivity contribution in [1.29, 1.82) is 0 Å². The van der Waals surface area contributed by atoms with E-state index in [0.29, 0.717) is 11.8 Å². The van der Waals surface area contributed by atoms with Gasteiger partial charge in [0.2, 0.25) is 0 Å². The van der Waals surface area contributed by atoms with Gasteiger partial charge in [-0.05, 0) is 42.5 Å². The lowest BCUT2D eigenvalue weighted by molar-refractivity contribution is -0.137. The molecule has 0 fully saturated rings. The van der Waals surface area contributed by atoms with Crippen LogP contribution >= 0.6 is 27.5 Å². The number of aromatic hydroxyl groups is 1. The third-order valence-electron chi connectivity index (χ3n) is 3.73. The van der Waals surface area contributed by atoms with Crippen molar-refractivity contribution in [3.05, 3.63) is 79.6 Å². The summed E-state index contributed by atoms with van der Waals surface area (Å²) in [6.07, 6.45) is -4.72. The molecule has 0 spiro atoms. The number of alkyl halides is 3. The summed E-state index contributed by atoms with van der Waals surface area (Å²) >= 11 is 8.80. The molecular weight excluding hydrogens is 479 g/mol. The predicted octanol–water partition coefficient (Wildman–Crippen LogP) is 4.63. The Balaban J connectivity index is 1.97. The average molecular weight is 489 g/mol. The molecule has 0 aliphatic carbocycles. The van der Waals surface area contributed by atoms with Crippen molar-refractivity contribution in [2.24, 2.45) is 0 Å². The Bertz CT molecular complexity index is 1150. The number of carbonyl (C=O) groups is 1. The molecular formula is C18H10BrClF3N3O3. The second-order valence-corrected chi connectivity index (χ2v) is 7.07. The lowest BCUT2D eigenvalue weighted by Crippen LogP contribution is -2.25. The summed E-state index contributed by atoms with van der Waals surface area (Å²) in [5.74, 6) is -1.73. The summed E-state index contributed by atoms with van der Waals surface area (Å²) in [6.45, 7) is 0. The number of amides is 1.